The Bertz CT molecular complexity index is 1130. The molecule has 0 aromatic heterocycles. The summed E-state index contributed by atoms with van der Waals surface area (Å²) in [5.74, 6) is 0.241. The fraction of sp³-hybridized carbons (Fsp3) is 0.394. The van der Waals surface area contributed by atoms with Gasteiger partial charge in [-0.3, -0.25) is 20.0 Å². The molecular weight excluding hydrogens is 468 g/mol. The van der Waals surface area contributed by atoms with Gasteiger partial charge in [-0.2, -0.15) is 0 Å². The van der Waals surface area contributed by atoms with Gasteiger partial charge in [-0.25, -0.2) is 0 Å². The summed E-state index contributed by atoms with van der Waals surface area (Å²) in [4.78, 5) is 16.9. The molecule has 1 aromatic carbocycles. The molecule has 206 valence electrons. The summed E-state index contributed by atoms with van der Waals surface area (Å²) >= 11 is 0. The number of benzene rings is 1. The van der Waals surface area contributed by atoms with E-state index in [-0.39, 0.29) is 5.76 Å². The van der Waals surface area contributed by atoms with Crippen molar-refractivity contribution in [3.8, 4) is 0 Å². The first kappa shape index (κ1) is 34.4. The second kappa shape index (κ2) is 20.5. The van der Waals surface area contributed by atoms with E-state index in [1.54, 1.807) is 13.1 Å². The number of allylic oxidation sites excluding steroid dienone is 8. The number of hydrogen-bond donors (Lipinski definition) is 1. The first-order chi connectivity index (χ1) is 18.2. The molecule has 5 heteroatoms. The normalized spacial score (nSPS) is 19.0. The molecule has 0 atom stereocenters. The fourth-order valence-corrected chi connectivity index (χ4v) is 3.41. The zero-order valence-corrected chi connectivity index (χ0v) is 25.0. The van der Waals surface area contributed by atoms with E-state index in [4.69, 9.17) is 0 Å². The van der Waals surface area contributed by atoms with Crippen molar-refractivity contribution in [3.63, 3.8) is 0 Å². The highest BCUT2D eigenvalue weighted by Gasteiger charge is 2.08. The van der Waals surface area contributed by atoms with Crippen LogP contribution in [0.4, 0.5) is 0 Å². The minimum absolute atomic E-state index is 0.241. The van der Waals surface area contributed by atoms with E-state index in [0.29, 0.717) is 0 Å². The number of aliphatic imine (C=N–C) groups is 4. The van der Waals surface area contributed by atoms with E-state index in [1.165, 1.54) is 28.5 Å². The van der Waals surface area contributed by atoms with Crippen LogP contribution in [0.2, 0.25) is 0 Å². The molecule has 0 bridgehead atoms. The van der Waals surface area contributed by atoms with Crippen LogP contribution in [0.3, 0.4) is 0 Å². The number of nitrogens with zero attached hydrogens (tertiary/aromatic N) is 4. The lowest BCUT2D eigenvalue weighted by Crippen LogP contribution is -1.99. The Hall–Kier alpha value is -3.60. The number of hydrogen-bond acceptors (Lipinski definition) is 5. The molecule has 1 N–H and O–H groups in total. The lowest BCUT2D eigenvalue weighted by molar-refractivity contribution is 0.443. The van der Waals surface area contributed by atoms with E-state index in [9.17, 15) is 5.11 Å². The second-order valence-corrected chi connectivity index (χ2v) is 8.68. The highest BCUT2D eigenvalue weighted by atomic mass is 16.3. The molecule has 0 saturated carbocycles. The Labute approximate surface area is 231 Å². The maximum absolute atomic E-state index is 9.64. The second-order valence-electron chi connectivity index (χ2n) is 8.68. The van der Waals surface area contributed by atoms with E-state index >= 15 is 0 Å². The Morgan fingerprint density at radius 3 is 2.32 bits per heavy atom. The number of rotatable bonds is 8. The Kier molecular flexibility index (Phi) is 18.5. The van der Waals surface area contributed by atoms with Gasteiger partial charge in [0.05, 0.1) is 11.9 Å². The molecular formula is C33H48N4O. The highest BCUT2D eigenvalue weighted by molar-refractivity contribution is 5.86. The molecule has 1 aliphatic rings. The van der Waals surface area contributed by atoms with E-state index in [0.717, 1.165) is 48.4 Å². The van der Waals surface area contributed by atoms with E-state index in [2.05, 4.69) is 69.9 Å². The summed E-state index contributed by atoms with van der Waals surface area (Å²) in [7, 11) is 3.60. The molecule has 0 unspecified atom stereocenters. The predicted octanol–water partition coefficient (Wildman–Crippen LogP) is 8.96. The predicted molar refractivity (Wildman–Crippen MR) is 171 cm³/mol. The van der Waals surface area contributed by atoms with Crippen LogP contribution < -0.4 is 0 Å². The lowest BCUT2D eigenvalue weighted by atomic mass is 9.99. The Morgan fingerprint density at radius 1 is 1.08 bits per heavy atom. The average molecular weight is 517 g/mol. The maximum Gasteiger partial charge on any atom is 0.129 e. The van der Waals surface area contributed by atoms with Gasteiger partial charge >= 0.3 is 0 Å². The van der Waals surface area contributed by atoms with Crippen LogP contribution in [-0.4, -0.2) is 43.6 Å². The fourth-order valence-electron chi connectivity index (χ4n) is 3.41. The first-order valence-corrected chi connectivity index (χ1v) is 13.3. The van der Waals surface area contributed by atoms with Crippen molar-refractivity contribution in [1.82, 2.24) is 0 Å². The average Bonchev–Trinajstić information content (AvgIpc) is 2.91. The smallest absolute Gasteiger partial charge is 0.129 e. The van der Waals surface area contributed by atoms with E-state index < -0.39 is 0 Å². The summed E-state index contributed by atoms with van der Waals surface area (Å²) < 4.78 is 0. The Morgan fingerprint density at radius 2 is 1.74 bits per heavy atom. The van der Waals surface area contributed by atoms with Gasteiger partial charge < -0.3 is 5.11 Å². The third-order valence-electron chi connectivity index (χ3n) is 5.54. The van der Waals surface area contributed by atoms with Gasteiger partial charge in [0.15, 0.2) is 0 Å². The summed E-state index contributed by atoms with van der Waals surface area (Å²) in [5.41, 5.74) is 8.83. The van der Waals surface area contributed by atoms with Gasteiger partial charge in [-0.05, 0) is 88.3 Å². The van der Waals surface area contributed by atoms with Gasteiger partial charge in [-0.1, -0.05) is 50.8 Å². The highest BCUT2D eigenvalue weighted by Crippen LogP contribution is 2.25. The van der Waals surface area contributed by atoms with E-state index in [1.807, 2.05) is 61.0 Å². The minimum Gasteiger partial charge on any atom is -0.507 e. The minimum atomic E-state index is 0.241. The molecule has 0 radical (unpaired) electrons. The standard InChI is InChI=1S/C18H22N2O.C13H20N2.C2H6/c1-13-6-4-9-17(21)12-20-18(13)16-8-5-7-15(11-16)10-14(2)19-3;1-6-12(9-14-5)8-13(7-2)10-15-11(3)4;1-2/h5,7-9,11-12,21H,4,6,10H2,1-3H3;6-7,9-10H,3,8H2,1-2,4-5H3;1-2H3/b17-9+,18-13+,19-14?,20-12-;12-6-,13-7-,14-9?,15-10?;. The van der Waals surface area contributed by atoms with Crippen LogP contribution in [0.5, 0.6) is 0 Å². The molecule has 0 aliphatic carbocycles. The van der Waals surface area contributed by atoms with Gasteiger partial charge in [0.1, 0.15) is 5.76 Å². The zero-order valence-electron chi connectivity index (χ0n) is 25.0. The quantitative estimate of drug-likeness (QED) is 0.344. The van der Waals surface area contributed by atoms with Crippen LogP contribution in [-0.2, 0) is 6.42 Å². The molecule has 0 fully saturated rings. The van der Waals surface area contributed by atoms with Crippen molar-refractivity contribution >= 4 is 30.1 Å². The SMILES string of the molecule is C=C(C)N=C/C(=C\C)C/C(C=NC)=C/C.CC.CN=C(C)Cc1cccc(C2=C(/C)CC\C=C(O)/C=N\2)c1. The summed E-state index contributed by atoms with van der Waals surface area (Å²) in [6.45, 7) is 17.8. The van der Waals surface area contributed by atoms with Crippen molar-refractivity contribution < 1.29 is 5.11 Å². The van der Waals surface area contributed by atoms with Gasteiger partial charge in [-0.15, -0.1) is 0 Å². The Balaban J connectivity index is 0.000000714. The third-order valence-corrected chi connectivity index (χ3v) is 5.54. The van der Waals surface area contributed by atoms with Gasteiger partial charge in [0.2, 0.25) is 0 Å². The van der Waals surface area contributed by atoms with Crippen LogP contribution >= 0.6 is 0 Å². The van der Waals surface area contributed by atoms with Crippen LogP contribution in [0.1, 0.15) is 78.9 Å². The number of aliphatic hydroxyl groups excluding tert-OH is 1. The molecule has 1 aliphatic heterocycles. The molecule has 5 nitrogen and oxygen atoms in total. The largest absolute Gasteiger partial charge is 0.507 e. The van der Waals surface area contributed by atoms with Crippen molar-refractivity contribution in [2.45, 2.75) is 74.1 Å². The third kappa shape index (κ3) is 14.2. The topological polar surface area (TPSA) is 69.7 Å². The number of aliphatic hydroxyl groups is 1. The monoisotopic (exact) mass is 516 g/mol. The maximum atomic E-state index is 9.64. The molecule has 0 saturated heterocycles. The van der Waals surface area contributed by atoms with Crippen molar-refractivity contribution in [3.05, 3.63) is 88.4 Å². The lowest BCUT2D eigenvalue weighted by Gasteiger charge is -2.11. The van der Waals surface area contributed by atoms with Gasteiger partial charge in [0.25, 0.3) is 0 Å². The molecule has 0 amide bonds. The molecule has 0 spiro atoms. The van der Waals surface area contributed by atoms with Crippen LogP contribution in [0, 0.1) is 0 Å². The molecule has 1 aromatic rings. The van der Waals surface area contributed by atoms with Crippen LogP contribution in [0.25, 0.3) is 5.70 Å². The van der Waals surface area contributed by atoms with Gasteiger partial charge in [0, 0.05) is 49.9 Å². The van der Waals surface area contributed by atoms with Crippen LogP contribution in [0.15, 0.2) is 97.2 Å². The summed E-state index contributed by atoms with van der Waals surface area (Å²) in [5, 5.41) is 9.64. The van der Waals surface area contributed by atoms with Crippen molar-refractivity contribution in [2.75, 3.05) is 14.1 Å². The zero-order chi connectivity index (χ0) is 28.9. The first-order valence-electron chi connectivity index (χ1n) is 13.3. The summed E-state index contributed by atoms with van der Waals surface area (Å²) in [6, 6.07) is 8.39. The molecule has 38 heavy (non-hydrogen) atoms. The summed E-state index contributed by atoms with van der Waals surface area (Å²) in [6.07, 6.45) is 14.7. The molecule has 1 heterocycles. The van der Waals surface area contributed by atoms with Crippen molar-refractivity contribution in [2.24, 2.45) is 20.0 Å². The molecule has 2 rings (SSSR count). The van der Waals surface area contributed by atoms with Crippen molar-refractivity contribution in [1.29, 1.82) is 0 Å².